The Kier molecular flexibility index (Phi) is 4.46. The zero-order valence-electron chi connectivity index (χ0n) is 12.5. The van der Waals surface area contributed by atoms with E-state index < -0.39 is 0 Å². The van der Waals surface area contributed by atoms with Crippen molar-refractivity contribution in [1.82, 2.24) is 5.32 Å². The second kappa shape index (κ2) is 6.50. The molecule has 1 aromatic heterocycles. The van der Waals surface area contributed by atoms with E-state index in [1.54, 1.807) is 7.11 Å². The van der Waals surface area contributed by atoms with Gasteiger partial charge in [0.15, 0.2) is 11.3 Å². The third kappa shape index (κ3) is 3.22. The van der Waals surface area contributed by atoms with Crippen molar-refractivity contribution in [2.45, 2.75) is 38.3 Å². The van der Waals surface area contributed by atoms with E-state index in [9.17, 15) is 5.11 Å². The first-order chi connectivity index (χ1) is 10.3. The van der Waals surface area contributed by atoms with Crippen molar-refractivity contribution in [3.8, 4) is 5.75 Å². The number of rotatable bonds is 5. The van der Waals surface area contributed by atoms with Crippen LogP contribution in [0.25, 0.3) is 11.0 Å². The van der Waals surface area contributed by atoms with Crippen molar-refractivity contribution < 1.29 is 14.3 Å². The summed E-state index contributed by atoms with van der Waals surface area (Å²) in [6, 6.07) is 7.94. The molecule has 0 amide bonds. The lowest BCUT2D eigenvalue weighted by Crippen LogP contribution is -2.33. The molecule has 2 unspecified atom stereocenters. The highest BCUT2D eigenvalue weighted by Gasteiger charge is 2.22. The maximum atomic E-state index is 9.97. The number of aliphatic hydroxyl groups is 1. The van der Waals surface area contributed by atoms with Crippen molar-refractivity contribution >= 4 is 11.0 Å². The molecule has 0 bridgehead atoms. The number of benzene rings is 1. The van der Waals surface area contributed by atoms with Crippen LogP contribution in [0.5, 0.6) is 5.75 Å². The smallest absolute Gasteiger partial charge is 0.176 e. The molecular formula is C17H23NO3. The lowest BCUT2D eigenvalue weighted by atomic mass is 9.86. The van der Waals surface area contributed by atoms with Crippen molar-refractivity contribution in [1.29, 1.82) is 0 Å². The van der Waals surface area contributed by atoms with Crippen LogP contribution in [0.4, 0.5) is 0 Å². The van der Waals surface area contributed by atoms with E-state index in [1.165, 1.54) is 6.42 Å². The number of fused-ring (bicyclic) bond motifs is 1. The minimum atomic E-state index is -0.151. The SMILES string of the molecule is COc1cccc2cc(CNCC3CCCCC3O)oc12. The number of para-hydroxylation sites is 1. The van der Waals surface area contributed by atoms with Gasteiger partial charge in [-0.25, -0.2) is 0 Å². The van der Waals surface area contributed by atoms with Gasteiger partial charge in [0.25, 0.3) is 0 Å². The third-order valence-electron chi connectivity index (χ3n) is 4.35. The normalized spacial score (nSPS) is 22.6. The van der Waals surface area contributed by atoms with Crippen LogP contribution in [-0.2, 0) is 6.54 Å². The van der Waals surface area contributed by atoms with Crippen LogP contribution in [0.1, 0.15) is 31.4 Å². The summed E-state index contributed by atoms with van der Waals surface area (Å²) in [7, 11) is 1.65. The standard InChI is InChI=1S/C17H23NO3/c1-20-16-8-4-6-12-9-14(21-17(12)16)11-18-10-13-5-2-3-7-15(13)19/h4,6,8-9,13,15,18-19H,2-3,5,7,10-11H2,1H3. The van der Waals surface area contributed by atoms with Crippen molar-refractivity contribution in [2.24, 2.45) is 5.92 Å². The predicted molar refractivity (Wildman–Crippen MR) is 82.4 cm³/mol. The highest BCUT2D eigenvalue weighted by Crippen LogP contribution is 2.28. The summed E-state index contributed by atoms with van der Waals surface area (Å²) in [5.74, 6) is 2.04. The Bertz CT molecular complexity index is 593. The van der Waals surface area contributed by atoms with Gasteiger partial charge in [0, 0.05) is 11.9 Å². The molecule has 2 aromatic rings. The number of ether oxygens (including phenoxy) is 1. The Morgan fingerprint density at radius 2 is 2.19 bits per heavy atom. The maximum absolute atomic E-state index is 9.97. The third-order valence-corrected chi connectivity index (χ3v) is 4.35. The monoisotopic (exact) mass is 289 g/mol. The fraction of sp³-hybridized carbons (Fsp3) is 0.529. The van der Waals surface area contributed by atoms with Crippen LogP contribution in [0.15, 0.2) is 28.7 Å². The molecule has 4 heteroatoms. The highest BCUT2D eigenvalue weighted by atomic mass is 16.5. The van der Waals surface area contributed by atoms with E-state index in [0.29, 0.717) is 12.5 Å². The number of furan rings is 1. The summed E-state index contributed by atoms with van der Waals surface area (Å²) in [5.41, 5.74) is 0.800. The molecule has 1 aliphatic rings. The molecule has 114 valence electrons. The molecule has 1 heterocycles. The second-order valence-corrected chi connectivity index (χ2v) is 5.83. The number of methoxy groups -OCH3 is 1. The molecule has 2 atom stereocenters. The summed E-state index contributed by atoms with van der Waals surface area (Å²) < 4.78 is 11.2. The fourth-order valence-corrected chi connectivity index (χ4v) is 3.14. The quantitative estimate of drug-likeness (QED) is 0.888. The number of hydrogen-bond acceptors (Lipinski definition) is 4. The molecular weight excluding hydrogens is 266 g/mol. The molecule has 21 heavy (non-hydrogen) atoms. The van der Waals surface area contributed by atoms with Gasteiger partial charge in [-0.3, -0.25) is 0 Å². The molecule has 4 nitrogen and oxygen atoms in total. The van der Waals surface area contributed by atoms with Gasteiger partial charge in [-0.15, -0.1) is 0 Å². The molecule has 3 rings (SSSR count). The van der Waals surface area contributed by atoms with Gasteiger partial charge < -0.3 is 19.6 Å². The second-order valence-electron chi connectivity index (χ2n) is 5.83. The number of aliphatic hydroxyl groups excluding tert-OH is 1. The van der Waals surface area contributed by atoms with Crippen LogP contribution < -0.4 is 10.1 Å². The van der Waals surface area contributed by atoms with Crippen molar-refractivity contribution in [2.75, 3.05) is 13.7 Å². The Hall–Kier alpha value is -1.52. The average Bonchev–Trinajstić information content (AvgIpc) is 2.92. The van der Waals surface area contributed by atoms with Crippen molar-refractivity contribution in [3.05, 3.63) is 30.0 Å². The first-order valence-electron chi connectivity index (χ1n) is 7.72. The minimum absolute atomic E-state index is 0.151. The molecule has 1 fully saturated rings. The fourth-order valence-electron chi connectivity index (χ4n) is 3.14. The zero-order chi connectivity index (χ0) is 14.7. The number of nitrogens with one attached hydrogen (secondary N) is 1. The number of hydrogen-bond donors (Lipinski definition) is 2. The van der Waals surface area contributed by atoms with E-state index in [1.807, 2.05) is 24.3 Å². The van der Waals surface area contributed by atoms with E-state index in [-0.39, 0.29) is 6.10 Å². The highest BCUT2D eigenvalue weighted by molar-refractivity contribution is 5.83. The minimum Gasteiger partial charge on any atom is -0.493 e. The summed E-state index contributed by atoms with van der Waals surface area (Å²) in [5, 5.41) is 14.4. The first-order valence-corrected chi connectivity index (χ1v) is 7.72. The Balaban J connectivity index is 1.60. The van der Waals surface area contributed by atoms with Gasteiger partial charge >= 0.3 is 0 Å². The summed E-state index contributed by atoms with van der Waals surface area (Å²) in [6.45, 7) is 1.52. The predicted octanol–water partition coefficient (Wildman–Crippen LogP) is 3.08. The Morgan fingerprint density at radius 3 is 3.00 bits per heavy atom. The van der Waals surface area contributed by atoms with Crippen LogP contribution >= 0.6 is 0 Å². The molecule has 0 saturated heterocycles. The lowest BCUT2D eigenvalue weighted by Gasteiger charge is -2.27. The summed E-state index contributed by atoms with van der Waals surface area (Å²) in [6.07, 6.45) is 4.28. The van der Waals surface area contributed by atoms with E-state index >= 15 is 0 Å². The first kappa shape index (κ1) is 14.4. The molecule has 1 saturated carbocycles. The molecule has 0 aliphatic heterocycles. The van der Waals surface area contributed by atoms with Gasteiger partial charge in [-0.05, 0) is 30.9 Å². The van der Waals surface area contributed by atoms with E-state index in [2.05, 4.69) is 5.32 Å². The average molecular weight is 289 g/mol. The molecule has 1 aliphatic carbocycles. The molecule has 0 spiro atoms. The van der Waals surface area contributed by atoms with Gasteiger partial charge in [0.1, 0.15) is 5.76 Å². The van der Waals surface area contributed by atoms with Crippen LogP contribution in [0.3, 0.4) is 0 Å². The van der Waals surface area contributed by atoms with Gasteiger partial charge in [0.2, 0.25) is 0 Å². The molecule has 1 aromatic carbocycles. The largest absolute Gasteiger partial charge is 0.493 e. The topological polar surface area (TPSA) is 54.6 Å². The van der Waals surface area contributed by atoms with Gasteiger partial charge in [-0.2, -0.15) is 0 Å². The van der Waals surface area contributed by atoms with Crippen LogP contribution in [0.2, 0.25) is 0 Å². The Labute approximate surface area is 125 Å². The summed E-state index contributed by atoms with van der Waals surface area (Å²) in [4.78, 5) is 0. The van der Waals surface area contributed by atoms with Gasteiger partial charge in [0.05, 0.1) is 19.8 Å². The maximum Gasteiger partial charge on any atom is 0.176 e. The van der Waals surface area contributed by atoms with Gasteiger partial charge in [-0.1, -0.05) is 25.0 Å². The summed E-state index contributed by atoms with van der Waals surface area (Å²) >= 11 is 0. The van der Waals surface area contributed by atoms with Crippen LogP contribution in [0, 0.1) is 5.92 Å². The lowest BCUT2D eigenvalue weighted by molar-refractivity contribution is 0.0693. The Morgan fingerprint density at radius 1 is 1.33 bits per heavy atom. The van der Waals surface area contributed by atoms with Crippen molar-refractivity contribution in [3.63, 3.8) is 0 Å². The molecule has 0 radical (unpaired) electrons. The van der Waals surface area contributed by atoms with E-state index in [4.69, 9.17) is 9.15 Å². The van der Waals surface area contributed by atoms with E-state index in [0.717, 1.165) is 48.3 Å². The zero-order valence-corrected chi connectivity index (χ0v) is 12.5. The van der Waals surface area contributed by atoms with Crippen LogP contribution in [-0.4, -0.2) is 24.9 Å². The molecule has 2 N–H and O–H groups in total.